The minimum Gasteiger partial charge on any atom is -0.205 e. The van der Waals surface area contributed by atoms with Crippen molar-refractivity contribution in [3.8, 4) is 0 Å². The zero-order valence-corrected chi connectivity index (χ0v) is 9.71. The average molecular weight is 245 g/mol. The van der Waals surface area contributed by atoms with Gasteiger partial charge >= 0.3 is 0 Å². The van der Waals surface area contributed by atoms with E-state index in [2.05, 4.69) is 0 Å². The summed E-state index contributed by atoms with van der Waals surface area (Å²) in [6.07, 6.45) is 3.23. The zero-order chi connectivity index (χ0) is 10.7. The summed E-state index contributed by atoms with van der Waals surface area (Å²) in [5.74, 6) is 0.417. The topological polar surface area (TPSA) is 0 Å². The summed E-state index contributed by atoms with van der Waals surface area (Å²) in [7, 11) is 0. The normalized spacial score (nSPS) is 37.0. The number of hydrogen-bond donors (Lipinski definition) is 0. The quantitative estimate of drug-likeness (QED) is 0.687. The molecule has 0 radical (unpaired) electrons. The van der Waals surface area contributed by atoms with Crippen LogP contribution in [-0.4, -0.2) is 5.88 Å². The van der Waals surface area contributed by atoms with Gasteiger partial charge in [0, 0.05) is 5.88 Å². The molecule has 0 atom stereocenters. The third-order valence-corrected chi connectivity index (χ3v) is 4.90. The Morgan fingerprint density at radius 3 is 2.53 bits per heavy atom. The monoisotopic (exact) mass is 244 g/mol. The highest BCUT2D eigenvalue weighted by molar-refractivity contribution is 6.31. The highest BCUT2D eigenvalue weighted by atomic mass is 35.5. The maximum Gasteiger partial charge on any atom is 0.142 e. The van der Waals surface area contributed by atoms with Gasteiger partial charge in [-0.05, 0) is 41.7 Å². The van der Waals surface area contributed by atoms with E-state index in [0.29, 0.717) is 10.4 Å². The molecule has 1 aromatic carbocycles. The molecular weight excluding hydrogens is 234 g/mol. The summed E-state index contributed by atoms with van der Waals surface area (Å²) >= 11 is 11.9. The molecule has 3 heteroatoms. The van der Waals surface area contributed by atoms with Gasteiger partial charge in [0.25, 0.3) is 0 Å². The van der Waals surface area contributed by atoms with Gasteiger partial charge < -0.3 is 0 Å². The standard InChI is InChI=1S/C12H11Cl2F/c13-7-11-4-12(5-11,6-11)8-2-1-3-9(15)10(8)14/h1-3H,4-7H2. The van der Waals surface area contributed by atoms with E-state index in [0.717, 1.165) is 30.7 Å². The van der Waals surface area contributed by atoms with Gasteiger partial charge in [0.2, 0.25) is 0 Å². The summed E-state index contributed by atoms with van der Waals surface area (Å²) in [5, 5.41) is 0.306. The van der Waals surface area contributed by atoms with Crippen LogP contribution in [0, 0.1) is 11.2 Å². The van der Waals surface area contributed by atoms with Crippen molar-refractivity contribution in [2.45, 2.75) is 24.7 Å². The molecule has 0 unspecified atom stereocenters. The molecular formula is C12H11Cl2F. The third-order valence-electron chi connectivity index (χ3n) is 3.95. The Morgan fingerprint density at radius 1 is 1.27 bits per heavy atom. The molecule has 0 N–H and O–H groups in total. The van der Waals surface area contributed by atoms with Gasteiger partial charge in [-0.25, -0.2) is 4.39 Å². The molecule has 15 heavy (non-hydrogen) atoms. The first kappa shape index (κ1) is 9.92. The van der Waals surface area contributed by atoms with Crippen LogP contribution in [0.5, 0.6) is 0 Å². The Hall–Kier alpha value is -0.270. The molecule has 0 aliphatic heterocycles. The van der Waals surface area contributed by atoms with Crippen LogP contribution in [0.3, 0.4) is 0 Å². The van der Waals surface area contributed by atoms with Crippen molar-refractivity contribution in [1.29, 1.82) is 0 Å². The van der Waals surface area contributed by atoms with Crippen molar-refractivity contribution in [2.75, 3.05) is 5.88 Å². The largest absolute Gasteiger partial charge is 0.205 e. The number of halogens is 3. The summed E-state index contributed by atoms with van der Waals surface area (Å²) < 4.78 is 13.3. The van der Waals surface area contributed by atoms with Crippen LogP contribution in [-0.2, 0) is 5.41 Å². The summed E-state index contributed by atoms with van der Waals surface area (Å²) in [6.45, 7) is 0. The van der Waals surface area contributed by atoms with Gasteiger partial charge in [-0.3, -0.25) is 0 Å². The van der Waals surface area contributed by atoms with E-state index < -0.39 is 0 Å². The predicted octanol–water partition coefficient (Wildman–Crippen LogP) is 4.14. The smallest absolute Gasteiger partial charge is 0.142 e. The lowest BCUT2D eigenvalue weighted by atomic mass is 9.34. The fourth-order valence-corrected chi connectivity index (χ4v) is 3.95. The van der Waals surface area contributed by atoms with Gasteiger partial charge in [-0.2, -0.15) is 0 Å². The van der Waals surface area contributed by atoms with Crippen LogP contribution in [0.4, 0.5) is 4.39 Å². The van der Waals surface area contributed by atoms with Gasteiger partial charge in [0.05, 0.1) is 5.02 Å². The third kappa shape index (κ3) is 1.14. The molecule has 0 nitrogen and oxygen atoms in total. The van der Waals surface area contributed by atoms with Crippen LogP contribution >= 0.6 is 23.2 Å². The van der Waals surface area contributed by atoms with Crippen LogP contribution in [0.1, 0.15) is 24.8 Å². The van der Waals surface area contributed by atoms with E-state index in [1.165, 1.54) is 6.07 Å². The minimum absolute atomic E-state index is 0.147. The van der Waals surface area contributed by atoms with E-state index >= 15 is 0 Å². The first-order valence-electron chi connectivity index (χ1n) is 5.11. The molecule has 0 aromatic heterocycles. The van der Waals surface area contributed by atoms with E-state index in [4.69, 9.17) is 23.2 Å². The van der Waals surface area contributed by atoms with Crippen molar-refractivity contribution in [3.63, 3.8) is 0 Å². The molecule has 3 aliphatic rings. The molecule has 3 fully saturated rings. The van der Waals surface area contributed by atoms with E-state index in [1.54, 1.807) is 6.07 Å². The molecule has 80 valence electrons. The summed E-state index contributed by atoms with van der Waals surface area (Å²) in [4.78, 5) is 0. The highest BCUT2D eigenvalue weighted by Crippen LogP contribution is 2.74. The van der Waals surface area contributed by atoms with E-state index in [9.17, 15) is 4.39 Å². The average Bonchev–Trinajstić information content (AvgIpc) is 2.08. The second kappa shape index (κ2) is 2.89. The van der Waals surface area contributed by atoms with E-state index in [1.807, 2.05) is 6.07 Å². The van der Waals surface area contributed by atoms with Gasteiger partial charge in [0.1, 0.15) is 5.82 Å². The van der Waals surface area contributed by atoms with Crippen LogP contribution in [0.15, 0.2) is 18.2 Å². The van der Waals surface area contributed by atoms with Crippen LogP contribution in [0.25, 0.3) is 0 Å². The molecule has 3 saturated carbocycles. The molecule has 2 bridgehead atoms. The van der Waals surface area contributed by atoms with Crippen molar-refractivity contribution in [3.05, 3.63) is 34.6 Å². The van der Waals surface area contributed by atoms with Gasteiger partial charge in [0.15, 0.2) is 0 Å². The van der Waals surface area contributed by atoms with Crippen molar-refractivity contribution < 1.29 is 4.39 Å². The number of hydrogen-bond acceptors (Lipinski definition) is 0. The fraction of sp³-hybridized carbons (Fsp3) is 0.500. The Bertz CT molecular complexity index is 408. The molecule has 0 amide bonds. The second-order valence-electron chi connectivity index (χ2n) is 5.05. The first-order chi connectivity index (χ1) is 7.11. The predicted molar refractivity (Wildman–Crippen MR) is 60.1 cm³/mol. The van der Waals surface area contributed by atoms with Crippen molar-refractivity contribution >= 4 is 23.2 Å². The minimum atomic E-state index is -0.307. The maximum atomic E-state index is 13.3. The fourth-order valence-electron chi connectivity index (χ4n) is 3.34. The number of benzene rings is 1. The van der Waals surface area contributed by atoms with Crippen LogP contribution in [0.2, 0.25) is 5.02 Å². The van der Waals surface area contributed by atoms with Gasteiger partial charge in [-0.15, -0.1) is 11.6 Å². The van der Waals surface area contributed by atoms with Crippen molar-refractivity contribution in [2.24, 2.45) is 5.41 Å². The SMILES string of the molecule is Fc1cccc(C23CC(CCl)(C2)C3)c1Cl. The lowest BCUT2D eigenvalue weighted by Gasteiger charge is -2.71. The van der Waals surface area contributed by atoms with Crippen LogP contribution < -0.4 is 0 Å². The Morgan fingerprint density at radius 2 is 1.93 bits per heavy atom. The first-order valence-corrected chi connectivity index (χ1v) is 6.03. The summed E-state index contributed by atoms with van der Waals surface area (Å²) in [5.41, 5.74) is 1.47. The second-order valence-corrected chi connectivity index (χ2v) is 5.69. The Kier molecular flexibility index (Phi) is 1.91. The molecule has 1 aromatic rings. The highest BCUT2D eigenvalue weighted by Gasteiger charge is 2.68. The number of alkyl halides is 1. The molecule has 0 heterocycles. The zero-order valence-electron chi connectivity index (χ0n) is 8.19. The number of rotatable bonds is 2. The lowest BCUT2D eigenvalue weighted by molar-refractivity contribution is -0.122. The molecule has 3 aliphatic carbocycles. The molecule has 0 spiro atoms. The van der Waals surface area contributed by atoms with Crippen molar-refractivity contribution in [1.82, 2.24) is 0 Å². The maximum absolute atomic E-state index is 13.3. The Balaban J connectivity index is 1.94. The van der Waals surface area contributed by atoms with Gasteiger partial charge in [-0.1, -0.05) is 23.7 Å². The van der Waals surface area contributed by atoms with E-state index in [-0.39, 0.29) is 11.2 Å². The Labute approximate surface area is 98.4 Å². The lowest BCUT2D eigenvalue weighted by Crippen LogP contribution is -2.65. The summed E-state index contributed by atoms with van der Waals surface area (Å²) in [6, 6.07) is 5.10. The molecule has 4 rings (SSSR count). The molecule has 0 saturated heterocycles.